The fourth-order valence-electron chi connectivity index (χ4n) is 4.16. The van der Waals surface area contributed by atoms with Crippen molar-refractivity contribution < 1.29 is 27.1 Å². The number of sulfonamides is 1. The molecule has 0 radical (unpaired) electrons. The lowest BCUT2D eigenvalue weighted by molar-refractivity contribution is 0.0746. The van der Waals surface area contributed by atoms with Crippen LogP contribution in [0.25, 0.3) is 0 Å². The number of carbonyl (C=O) groups is 1. The predicted octanol–water partition coefficient (Wildman–Crippen LogP) is 2.91. The second-order valence-electron chi connectivity index (χ2n) is 8.22. The summed E-state index contributed by atoms with van der Waals surface area (Å²) in [6, 6.07) is 8.42. The SMILES string of the molecule is COc1ccc(S(=O)(=O)NCC2CCCO2)cc1N1CCN(C(=O)c2cc(F)ccc2Cl)CC1. The highest BCUT2D eigenvalue weighted by Crippen LogP contribution is 2.32. The van der Waals surface area contributed by atoms with E-state index in [1.54, 1.807) is 17.0 Å². The van der Waals surface area contributed by atoms with Crippen LogP contribution in [0.2, 0.25) is 5.02 Å². The highest BCUT2D eigenvalue weighted by Gasteiger charge is 2.27. The van der Waals surface area contributed by atoms with Gasteiger partial charge in [-0.05, 0) is 49.2 Å². The Labute approximate surface area is 203 Å². The minimum absolute atomic E-state index is 0.107. The highest BCUT2D eigenvalue weighted by atomic mass is 35.5. The number of ether oxygens (including phenoxy) is 2. The summed E-state index contributed by atoms with van der Waals surface area (Å²) < 4.78 is 52.9. The standard InChI is InChI=1S/C23H27ClFN3O5S/c1-32-22-7-5-18(34(30,31)26-15-17-3-2-12-33-17)14-21(22)27-8-10-28(11-9-27)23(29)19-13-16(25)4-6-20(19)24/h4-7,13-14,17,26H,2-3,8-12,15H2,1H3. The van der Waals surface area contributed by atoms with Gasteiger partial charge in [0.15, 0.2) is 0 Å². The largest absolute Gasteiger partial charge is 0.495 e. The average molecular weight is 512 g/mol. The number of nitrogens with zero attached hydrogens (tertiary/aromatic N) is 2. The molecule has 11 heteroatoms. The van der Waals surface area contributed by atoms with E-state index in [1.807, 2.05) is 4.90 Å². The Morgan fingerprint density at radius 1 is 1.21 bits per heavy atom. The van der Waals surface area contributed by atoms with E-state index in [4.69, 9.17) is 21.1 Å². The molecular formula is C23H27ClFN3O5S. The van der Waals surface area contributed by atoms with E-state index in [0.717, 1.165) is 18.9 Å². The van der Waals surface area contributed by atoms with Gasteiger partial charge in [0.1, 0.15) is 11.6 Å². The van der Waals surface area contributed by atoms with E-state index >= 15 is 0 Å². The zero-order chi connectivity index (χ0) is 24.3. The van der Waals surface area contributed by atoms with Crippen molar-refractivity contribution in [2.45, 2.75) is 23.8 Å². The molecule has 2 aromatic carbocycles. The van der Waals surface area contributed by atoms with Gasteiger partial charge in [0.2, 0.25) is 10.0 Å². The van der Waals surface area contributed by atoms with Crippen molar-refractivity contribution in [2.75, 3.05) is 51.3 Å². The molecule has 0 aromatic heterocycles. The summed E-state index contributed by atoms with van der Waals surface area (Å²) in [5.41, 5.74) is 0.747. The molecule has 2 fully saturated rings. The van der Waals surface area contributed by atoms with Gasteiger partial charge in [-0.2, -0.15) is 0 Å². The number of amides is 1. The molecule has 4 rings (SSSR count). The van der Waals surface area contributed by atoms with Crippen molar-refractivity contribution in [3.05, 3.63) is 52.8 Å². The molecular weight excluding hydrogens is 485 g/mol. The number of anilines is 1. The lowest BCUT2D eigenvalue weighted by Gasteiger charge is -2.37. The minimum Gasteiger partial charge on any atom is -0.495 e. The van der Waals surface area contributed by atoms with Crippen LogP contribution in [-0.2, 0) is 14.8 Å². The molecule has 1 amide bonds. The molecule has 2 aliphatic heterocycles. The maximum Gasteiger partial charge on any atom is 0.255 e. The minimum atomic E-state index is -3.73. The molecule has 34 heavy (non-hydrogen) atoms. The van der Waals surface area contributed by atoms with Crippen LogP contribution in [0.3, 0.4) is 0 Å². The first-order valence-corrected chi connectivity index (χ1v) is 12.9. The van der Waals surface area contributed by atoms with Crippen molar-refractivity contribution in [1.29, 1.82) is 0 Å². The van der Waals surface area contributed by atoms with Crippen molar-refractivity contribution in [1.82, 2.24) is 9.62 Å². The fraction of sp³-hybridized carbons (Fsp3) is 0.435. The van der Waals surface area contributed by atoms with Crippen LogP contribution in [0.15, 0.2) is 41.3 Å². The number of hydrogen-bond acceptors (Lipinski definition) is 6. The second-order valence-corrected chi connectivity index (χ2v) is 10.4. The Kier molecular flexibility index (Phi) is 7.61. The van der Waals surface area contributed by atoms with Gasteiger partial charge in [-0.25, -0.2) is 17.5 Å². The van der Waals surface area contributed by atoms with Crippen LogP contribution >= 0.6 is 11.6 Å². The first-order chi connectivity index (χ1) is 16.3. The molecule has 2 aromatic rings. The molecule has 1 unspecified atom stereocenters. The number of methoxy groups -OCH3 is 1. The van der Waals surface area contributed by atoms with Crippen LogP contribution in [0.5, 0.6) is 5.75 Å². The summed E-state index contributed by atoms with van der Waals surface area (Å²) in [6.07, 6.45) is 1.66. The summed E-state index contributed by atoms with van der Waals surface area (Å²) >= 11 is 6.09. The monoisotopic (exact) mass is 511 g/mol. The summed E-state index contributed by atoms with van der Waals surface area (Å²) in [4.78, 5) is 16.5. The molecule has 184 valence electrons. The summed E-state index contributed by atoms with van der Waals surface area (Å²) in [5.74, 6) is -0.334. The van der Waals surface area contributed by atoms with Gasteiger partial charge in [-0.3, -0.25) is 4.79 Å². The molecule has 2 aliphatic rings. The zero-order valence-corrected chi connectivity index (χ0v) is 20.4. The zero-order valence-electron chi connectivity index (χ0n) is 18.8. The third-order valence-corrected chi connectivity index (χ3v) is 7.80. The van der Waals surface area contributed by atoms with Crippen LogP contribution in [0.4, 0.5) is 10.1 Å². The van der Waals surface area contributed by atoms with Gasteiger partial charge >= 0.3 is 0 Å². The molecule has 0 aliphatic carbocycles. The van der Waals surface area contributed by atoms with E-state index in [9.17, 15) is 17.6 Å². The first-order valence-electron chi connectivity index (χ1n) is 11.1. The Morgan fingerprint density at radius 2 is 1.97 bits per heavy atom. The van der Waals surface area contributed by atoms with Gasteiger partial charge in [0.05, 0.1) is 34.4 Å². The van der Waals surface area contributed by atoms with E-state index in [1.165, 1.54) is 25.3 Å². The van der Waals surface area contributed by atoms with E-state index in [-0.39, 0.29) is 34.0 Å². The van der Waals surface area contributed by atoms with Crippen molar-refractivity contribution >= 4 is 33.2 Å². The molecule has 0 spiro atoms. The third kappa shape index (κ3) is 5.46. The maximum absolute atomic E-state index is 13.6. The normalized spacial score (nSPS) is 18.9. The topological polar surface area (TPSA) is 88.2 Å². The first kappa shape index (κ1) is 24.7. The summed E-state index contributed by atoms with van der Waals surface area (Å²) in [7, 11) is -2.21. The number of benzene rings is 2. The smallest absolute Gasteiger partial charge is 0.255 e. The number of halogens is 2. The van der Waals surface area contributed by atoms with E-state index in [2.05, 4.69) is 4.72 Å². The van der Waals surface area contributed by atoms with Crippen molar-refractivity contribution in [3.8, 4) is 5.75 Å². The van der Waals surface area contributed by atoms with Gasteiger partial charge in [-0.1, -0.05) is 11.6 Å². The van der Waals surface area contributed by atoms with Crippen molar-refractivity contribution in [2.24, 2.45) is 0 Å². The molecule has 2 heterocycles. The van der Waals surface area contributed by atoms with Crippen LogP contribution in [-0.4, -0.2) is 71.8 Å². The number of rotatable bonds is 7. The third-order valence-electron chi connectivity index (χ3n) is 6.05. The van der Waals surface area contributed by atoms with Crippen LogP contribution in [0, 0.1) is 5.82 Å². The lowest BCUT2D eigenvalue weighted by Crippen LogP contribution is -2.49. The molecule has 0 saturated carbocycles. The molecule has 1 N–H and O–H groups in total. The number of hydrogen-bond donors (Lipinski definition) is 1. The molecule has 0 bridgehead atoms. The predicted molar refractivity (Wildman–Crippen MR) is 127 cm³/mol. The average Bonchev–Trinajstić information content (AvgIpc) is 3.37. The van der Waals surface area contributed by atoms with E-state index < -0.39 is 15.8 Å². The van der Waals surface area contributed by atoms with Gasteiger partial charge in [0, 0.05) is 39.3 Å². The molecule has 1 atom stereocenters. The Morgan fingerprint density at radius 3 is 2.65 bits per heavy atom. The molecule has 2 saturated heterocycles. The fourth-order valence-corrected chi connectivity index (χ4v) is 5.44. The van der Waals surface area contributed by atoms with Gasteiger partial charge in [0.25, 0.3) is 5.91 Å². The van der Waals surface area contributed by atoms with Gasteiger partial charge < -0.3 is 19.3 Å². The number of piperazine rings is 1. The second kappa shape index (κ2) is 10.5. The Hall–Kier alpha value is -2.40. The van der Waals surface area contributed by atoms with Crippen LogP contribution in [0.1, 0.15) is 23.2 Å². The van der Waals surface area contributed by atoms with E-state index in [0.29, 0.717) is 44.2 Å². The highest BCUT2D eigenvalue weighted by molar-refractivity contribution is 7.89. The quantitative estimate of drug-likeness (QED) is 0.615. The summed E-state index contributed by atoms with van der Waals surface area (Å²) in [6.45, 7) is 2.50. The Bertz CT molecular complexity index is 1150. The lowest BCUT2D eigenvalue weighted by atomic mass is 10.1. The Balaban J connectivity index is 1.46. The maximum atomic E-state index is 13.6. The van der Waals surface area contributed by atoms with Crippen LogP contribution < -0.4 is 14.4 Å². The summed E-state index contributed by atoms with van der Waals surface area (Å²) in [5, 5.41) is 0.198. The number of carbonyl (C=O) groups excluding carboxylic acids is 1. The molecule has 8 nitrogen and oxygen atoms in total. The van der Waals surface area contributed by atoms with Crippen molar-refractivity contribution in [3.63, 3.8) is 0 Å². The number of nitrogens with one attached hydrogen (secondary N) is 1. The van der Waals surface area contributed by atoms with Gasteiger partial charge in [-0.15, -0.1) is 0 Å².